The quantitative estimate of drug-likeness (QED) is 0.783. The fraction of sp³-hybridized carbons (Fsp3) is 0.375. The van der Waals surface area contributed by atoms with Crippen molar-refractivity contribution in [3.8, 4) is 0 Å². The van der Waals surface area contributed by atoms with Crippen molar-refractivity contribution in [2.75, 3.05) is 13.1 Å². The molecular formula is C16H18N2O. The first-order chi connectivity index (χ1) is 9.25. The van der Waals surface area contributed by atoms with Crippen LogP contribution in [0.5, 0.6) is 0 Å². The number of aryl methyl sites for hydroxylation is 1. The number of para-hydroxylation sites is 1. The molecule has 3 rings (SSSR count). The Hall–Kier alpha value is -1.90. The van der Waals surface area contributed by atoms with Gasteiger partial charge in [0, 0.05) is 18.5 Å². The molecule has 0 N–H and O–H groups in total. The van der Waals surface area contributed by atoms with Crippen LogP contribution in [-0.2, 0) is 0 Å². The molecular weight excluding hydrogens is 236 g/mol. The van der Waals surface area contributed by atoms with E-state index in [1.165, 1.54) is 6.42 Å². The van der Waals surface area contributed by atoms with Crippen molar-refractivity contribution >= 4 is 16.8 Å². The number of carbonyl (C=O) groups is 1. The summed E-state index contributed by atoms with van der Waals surface area (Å²) < 4.78 is 0. The predicted octanol–water partition coefficient (Wildman–Crippen LogP) is 3.17. The van der Waals surface area contributed by atoms with Gasteiger partial charge in [-0.3, -0.25) is 4.79 Å². The van der Waals surface area contributed by atoms with Gasteiger partial charge in [0.25, 0.3) is 5.91 Å². The number of carbonyl (C=O) groups excluding carboxylic acids is 1. The topological polar surface area (TPSA) is 33.2 Å². The number of nitrogens with zero attached hydrogens (tertiary/aromatic N) is 2. The van der Waals surface area contributed by atoms with Gasteiger partial charge in [-0.1, -0.05) is 18.2 Å². The fourth-order valence-corrected chi connectivity index (χ4v) is 2.72. The highest BCUT2D eigenvalue weighted by Gasteiger charge is 2.19. The Morgan fingerprint density at radius 1 is 1.16 bits per heavy atom. The lowest BCUT2D eigenvalue weighted by Gasteiger charge is -2.26. The number of aromatic nitrogens is 1. The minimum Gasteiger partial charge on any atom is -0.337 e. The zero-order valence-electron chi connectivity index (χ0n) is 11.2. The smallest absolute Gasteiger partial charge is 0.272 e. The van der Waals surface area contributed by atoms with Crippen LogP contribution in [0.25, 0.3) is 10.9 Å². The zero-order chi connectivity index (χ0) is 13.2. The lowest BCUT2D eigenvalue weighted by Crippen LogP contribution is -2.36. The summed E-state index contributed by atoms with van der Waals surface area (Å²) in [5.74, 6) is 0.0774. The van der Waals surface area contributed by atoms with Gasteiger partial charge in [-0.2, -0.15) is 0 Å². The average Bonchev–Trinajstić information content (AvgIpc) is 2.47. The SMILES string of the molecule is Cc1cc(C(=O)N2CCCCC2)nc2ccccc12. The van der Waals surface area contributed by atoms with E-state index in [1.807, 2.05) is 42.2 Å². The van der Waals surface area contributed by atoms with E-state index in [0.717, 1.165) is 42.4 Å². The molecule has 1 aliphatic rings. The second-order valence-corrected chi connectivity index (χ2v) is 5.19. The molecule has 0 bridgehead atoms. The van der Waals surface area contributed by atoms with E-state index < -0.39 is 0 Å². The Balaban J connectivity index is 1.98. The number of amides is 1. The number of fused-ring (bicyclic) bond motifs is 1. The molecule has 1 saturated heterocycles. The van der Waals surface area contributed by atoms with Crippen molar-refractivity contribution in [3.63, 3.8) is 0 Å². The maximum absolute atomic E-state index is 12.5. The first-order valence-corrected chi connectivity index (χ1v) is 6.91. The van der Waals surface area contributed by atoms with Crippen LogP contribution in [0.1, 0.15) is 35.3 Å². The molecule has 0 atom stereocenters. The van der Waals surface area contributed by atoms with E-state index in [9.17, 15) is 4.79 Å². The van der Waals surface area contributed by atoms with Gasteiger partial charge in [0.15, 0.2) is 0 Å². The number of hydrogen-bond acceptors (Lipinski definition) is 2. The molecule has 1 aromatic heterocycles. The number of hydrogen-bond donors (Lipinski definition) is 0. The number of piperidine rings is 1. The second kappa shape index (κ2) is 5.00. The van der Waals surface area contributed by atoms with Crippen LogP contribution >= 0.6 is 0 Å². The zero-order valence-corrected chi connectivity index (χ0v) is 11.2. The van der Waals surface area contributed by atoms with Gasteiger partial charge in [0.2, 0.25) is 0 Å². The highest BCUT2D eigenvalue weighted by atomic mass is 16.2. The largest absolute Gasteiger partial charge is 0.337 e. The average molecular weight is 254 g/mol. The van der Waals surface area contributed by atoms with Gasteiger partial charge < -0.3 is 4.90 Å². The number of pyridine rings is 1. The summed E-state index contributed by atoms with van der Waals surface area (Å²) in [7, 11) is 0. The Bertz CT molecular complexity index is 615. The standard InChI is InChI=1S/C16H18N2O/c1-12-11-15(16(19)18-9-5-2-6-10-18)17-14-8-4-3-7-13(12)14/h3-4,7-8,11H,2,5-6,9-10H2,1H3. The highest BCUT2D eigenvalue weighted by molar-refractivity contribution is 5.96. The minimum absolute atomic E-state index is 0.0774. The first-order valence-electron chi connectivity index (χ1n) is 6.91. The van der Waals surface area contributed by atoms with Gasteiger partial charge in [-0.05, 0) is 43.9 Å². The number of benzene rings is 1. The van der Waals surface area contributed by atoms with E-state index in [-0.39, 0.29) is 5.91 Å². The lowest BCUT2D eigenvalue weighted by molar-refractivity contribution is 0.0718. The fourth-order valence-electron chi connectivity index (χ4n) is 2.72. The third-order valence-corrected chi connectivity index (χ3v) is 3.79. The summed E-state index contributed by atoms with van der Waals surface area (Å²) >= 11 is 0. The molecule has 1 fully saturated rings. The Morgan fingerprint density at radius 2 is 1.89 bits per heavy atom. The molecule has 0 radical (unpaired) electrons. The molecule has 0 aliphatic carbocycles. The maximum atomic E-state index is 12.5. The van der Waals surface area contributed by atoms with E-state index in [1.54, 1.807) is 0 Å². The molecule has 2 aromatic rings. The van der Waals surface area contributed by atoms with E-state index in [2.05, 4.69) is 4.98 Å². The summed E-state index contributed by atoms with van der Waals surface area (Å²) in [5.41, 5.74) is 2.60. The molecule has 0 spiro atoms. The first kappa shape index (κ1) is 12.2. The minimum atomic E-state index is 0.0774. The molecule has 3 nitrogen and oxygen atoms in total. The molecule has 98 valence electrons. The molecule has 1 aromatic carbocycles. The predicted molar refractivity (Wildman–Crippen MR) is 76.2 cm³/mol. The van der Waals surface area contributed by atoms with Crippen molar-refractivity contribution in [2.24, 2.45) is 0 Å². The van der Waals surface area contributed by atoms with Crippen LogP contribution in [0.15, 0.2) is 30.3 Å². The van der Waals surface area contributed by atoms with Crippen LogP contribution in [0.3, 0.4) is 0 Å². The third-order valence-electron chi connectivity index (χ3n) is 3.79. The van der Waals surface area contributed by atoms with Crippen LogP contribution in [0.2, 0.25) is 0 Å². The monoisotopic (exact) mass is 254 g/mol. The van der Waals surface area contributed by atoms with E-state index >= 15 is 0 Å². The molecule has 2 heterocycles. The van der Waals surface area contributed by atoms with Crippen molar-refractivity contribution in [3.05, 3.63) is 41.6 Å². The van der Waals surface area contributed by atoms with Gasteiger partial charge in [-0.25, -0.2) is 4.98 Å². The summed E-state index contributed by atoms with van der Waals surface area (Å²) in [4.78, 5) is 18.9. The summed E-state index contributed by atoms with van der Waals surface area (Å²) in [5, 5.41) is 1.12. The van der Waals surface area contributed by atoms with E-state index in [4.69, 9.17) is 0 Å². The Kier molecular flexibility index (Phi) is 3.20. The second-order valence-electron chi connectivity index (χ2n) is 5.19. The summed E-state index contributed by atoms with van der Waals surface area (Å²) in [6, 6.07) is 9.90. The Labute approximate surface area is 113 Å². The lowest BCUT2D eigenvalue weighted by atomic mass is 10.1. The number of rotatable bonds is 1. The van der Waals surface area contributed by atoms with Crippen molar-refractivity contribution in [1.29, 1.82) is 0 Å². The molecule has 0 saturated carbocycles. The Morgan fingerprint density at radius 3 is 2.68 bits per heavy atom. The van der Waals surface area contributed by atoms with Crippen LogP contribution in [-0.4, -0.2) is 28.9 Å². The van der Waals surface area contributed by atoms with Crippen molar-refractivity contribution in [1.82, 2.24) is 9.88 Å². The molecule has 1 aliphatic heterocycles. The van der Waals surface area contributed by atoms with Crippen LogP contribution < -0.4 is 0 Å². The molecule has 0 unspecified atom stereocenters. The molecule has 19 heavy (non-hydrogen) atoms. The van der Waals surface area contributed by atoms with Gasteiger partial charge in [-0.15, -0.1) is 0 Å². The number of likely N-dealkylation sites (tertiary alicyclic amines) is 1. The van der Waals surface area contributed by atoms with Gasteiger partial charge in [0.05, 0.1) is 5.52 Å². The van der Waals surface area contributed by atoms with Crippen molar-refractivity contribution in [2.45, 2.75) is 26.2 Å². The maximum Gasteiger partial charge on any atom is 0.272 e. The van der Waals surface area contributed by atoms with Crippen molar-refractivity contribution < 1.29 is 4.79 Å². The third kappa shape index (κ3) is 2.33. The summed E-state index contributed by atoms with van der Waals surface area (Å²) in [6.07, 6.45) is 3.45. The van der Waals surface area contributed by atoms with Gasteiger partial charge in [0.1, 0.15) is 5.69 Å². The van der Waals surface area contributed by atoms with Gasteiger partial charge >= 0.3 is 0 Å². The normalized spacial score (nSPS) is 15.7. The molecule has 3 heteroatoms. The molecule has 1 amide bonds. The highest BCUT2D eigenvalue weighted by Crippen LogP contribution is 2.19. The van der Waals surface area contributed by atoms with Crippen LogP contribution in [0.4, 0.5) is 0 Å². The summed E-state index contributed by atoms with van der Waals surface area (Å²) in [6.45, 7) is 3.77. The van der Waals surface area contributed by atoms with Crippen LogP contribution in [0, 0.1) is 6.92 Å². The van der Waals surface area contributed by atoms with E-state index in [0.29, 0.717) is 5.69 Å².